The standard InChI is InChI=1S/C32H42N4O4/c1-5-6-7-8-9-18-40-27-16-14-24(15-17-27)26-21-34-30(35-22-26)25-12-10-23(11-13-25)19-28(33-4)31(39)36-32(2,3)20-29(37)38/h10-17,21-22,28,33H,5-9,18-20H2,1-4H3,(H,36,39)(H,37,38)/t28-/m0/s1. The van der Waals surface area contributed by atoms with Gasteiger partial charge in [-0.1, -0.05) is 69.0 Å². The smallest absolute Gasteiger partial charge is 0.305 e. The minimum atomic E-state index is -0.955. The van der Waals surface area contributed by atoms with Crippen LogP contribution in [0.1, 0.15) is 64.9 Å². The van der Waals surface area contributed by atoms with Crippen LogP contribution in [-0.2, 0) is 16.0 Å². The Labute approximate surface area is 237 Å². The number of carbonyl (C=O) groups excluding carboxylic acids is 1. The van der Waals surface area contributed by atoms with Crippen molar-refractivity contribution in [3.63, 3.8) is 0 Å². The van der Waals surface area contributed by atoms with E-state index in [1.54, 1.807) is 20.9 Å². The first-order valence-corrected chi connectivity index (χ1v) is 14.1. The van der Waals surface area contributed by atoms with Gasteiger partial charge in [0.15, 0.2) is 5.82 Å². The zero-order chi connectivity index (χ0) is 29.0. The highest BCUT2D eigenvalue weighted by Crippen LogP contribution is 2.24. The number of likely N-dealkylation sites (N-methyl/N-ethyl adjacent to an activating group) is 1. The number of benzene rings is 2. The van der Waals surface area contributed by atoms with Crippen LogP contribution in [0.5, 0.6) is 5.75 Å². The summed E-state index contributed by atoms with van der Waals surface area (Å²) in [5.41, 5.74) is 2.97. The van der Waals surface area contributed by atoms with E-state index >= 15 is 0 Å². The van der Waals surface area contributed by atoms with Gasteiger partial charge in [0.25, 0.3) is 0 Å². The maximum Gasteiger partial charge on any atom is 0.305 e. The fraction of sp³-hybridized carbons (Fsp3) is 0.438. The first-order valence-electron chi connectivity index (χ1n) is 14.1. The maximum atomic E-state index is 12.7. The van der Waals surface area contributed by atoms with E-state index in [0.29, 0.717) is 12.2 Å². The second-order valence-corrected chi connectivity index (χ2v) is 10.8. The highest BCUT2D eigenvalue weighted by Gasteiger charge is 2.27. The quantitative estimate of drug-likeness (QED) is 0.199. The summed E-state index contributed by atoms with van der Waals surface area (Å²) in [6.07, 6.45) is 10.0. The molecule has 0 bridgehead atoms. The number of aromatic nitrogens is 2. The second kappa shape index (κ2) is 15.1. The molecule has 214 valence electrons. The molecule has 3 N–H and O–H groups in total. The van der Waals surface area contributed by atoms with Gasteiger partial charge < -0.3 is 20.5 Å². The van der Waals surface area contributed by atoms with Gasteiger partial charge in [-0.15, -0.1) is 0 Å². The molecule has 0 saturated carbocycles. The van der Waals surface area contributed by atoms with E-state index in [0.717, 1.165) is 41.0 Å². The molecule has 0 aliphatic carbocycles. The van der Waals surface area contributed by atoms with Crippen molar-refractivity contribution in [2.75, 3.05) is 13.7 Å². The molecule has 1 aromatic heterocycles. The van der Waals surface area contributed by atoms with Gasteiger partial charge in [-0.25, -0.2) is 9.97 Å². The summed E-state index contributed by atoms with van der Waals surface area (Å²) in [4.78, 5) is 32.9. The monoisotopic (exact) mass is 546 g/mol. The van der Waals surface area contributed by atoms with Gasteiger partial charge in [-0.05, 0) is 57.0 Å². The van der Waals surface area contributed by atoms with Crippen molar-refractivity contribution in [2.24, 2.45) is 0 Å². The van der Waals surface area contributed by atoms with Crippen molar-refractivity contribution < 1.29 is 19.4 Å². The maximum absolute atomic E-state index is 12.7. The van der Waals surface area contributed by atoms with Crippen LogP contribution < -0.4 is 15.4 Å². The van der Waals surface area contributed by atoms with Crippen LogP contribution in [0.25, 0.3) is 22.5 Å². The molecular formula is C32H42N4O4. The summed E-state index contributed by atoms with van der Waals surface area (Å²) in [6, 6.07) is 15.3. The van der Waals surface area contributed by atoms with Gasteiger partial charge in [0.05, 0.1) is 19.1 Å². The van der Waals surface area contributed by atoms with Gasteiger partial charge >= 0.3 is 5.97 Å². The number of aliphatic carboxylic acids is 1. The average Bonchev–Trinajstić information content (AvgIpc) is 2.93. The molecular weight excluding hydrogens is 504 g/mol. The van der Waals surface area contributed by atoms with Crippen LogP contribution in [0, 0.1) is 0 Å². The molecule has 8 heteroatoms. The normalized spacial score (nSPS) is 12.1. The molecule has 2 aromatic carbocycles. The number of nitrogens with one attached hydrogen (secondary N) is 2. The van der Waals surface area contributed by atoms with E-state index in [2.05, 4.69) is 27.5 Å². The predicted molar refractivity (Wildman–Crippen MR) is 158 cm³/mol. The number of hydrogen-bond acceptors (Lipinski definition) is 6. The van der Waals surface area contributed by atoms with E-state index < -0.39 is 17.6 Å². The number of unbranched alkanes of at least 4 members (excludes halogenated alkanes) is 4. The number of nitrogens with zero attached hydrogens (tertiary/aromatic N) is 2. The molecule has 1 heterocycles. The molecule has 3 aromatic rings. The summed E-state index contributed by atoms with van der Waals surface area (Å²) in [5.74, 6) is 0.303. The Hall–Kier alpha value is -3.78. The molecule has 3 rings (SSSR count). The first-order chi connectivity index (χ1) is 19.2. The molecule has 8 nitrogen and oxygen atoms in total. The van der Waals surface area contributed by atoms with Crippen LogP contribution in [0.3, 0.4) is 0 Å². The molecule has 0 unspecified atom stereocenters. The lowest BCUT2D eigenvalue weighted by molar-refractivity contribution is -0.138. The van der Waals surface area contributed by atoms with Gasteiger partial charge in [-0.2, -0.15) is 0 Å². The van der Waals surface area contributed by atoms with Crippen molar-refractivity contribution in [3.8, 4) is 28.3 Å². The topological polar surface area (TPSA) is 113 Å². The first kappa shape index (κ1) is 30.8. The summed E-state index contributed by atoms with van der Waals surface area (Å²) < 4.78 is 5.86. The Balaban J connectivity index is 1.55. The van der Waals surface area contributed by atoms with Crippen molar-refractivity contribution in [1.29, 1.82) is 0 Å². The number of amides is 1. The number of hydrogen-bond donors (Lipinski definition) is 3. The molecule has 1 atom stereocenters. The lowest BCUT2D eigenvalue weighted by atomic mass is 9.98. The fourth-order valence-electron chi connectivity index (χ4n) is 4.46. The van der Waals surface area contributed by atoms with Gasteiger partial charge in [0.1, 0.15) is 5.75 Å². The van der Waals surface area contributed by atoms with Crippen LogP contribution in [0.4, 0.5) is 0 Å². The summed E-state index contributed by atoms with van der Waals surface area (Å²) >= 11 is 0. The van der Waals surface area contributed by atoms with E-state index in [1.807, 2.05) is 60.9 Å². The van der Waals surface area contributed by atoms with Crippen LogP contribution in [0.15, 0.2) is 60.9 Å². The van der Waals surface area contributed by atoms with E-state index in [-0.39, 0.29) is 12.3 Å². The van der Waals surface area contributed by atoms with E-state index in [9.17, 15) is 9.59 Å². The summed E-state index contributed by atoms with van der Waals surface area (Å²) in [5, 5.41) is 14.9. The Bertz CT molecular complexity index is 1210. The minimum absolute atomic E-state index is 0.151. The zero-order valence-corrected chi connectivity index (χ0v) is 24.1. The Morgan fingerprint density at radius 2 is 1.52 bits per heavy atom. The van der Waals surface area contributed by atoms with E-state index in [4.69, 9.17) is 9.84 Å². The van der Waals surface area contributed by atoms with Gasteiger partial charge in [0, 0.05) is 29.1 Å². The zero-order valence-electron chi connectivity index (χ0n) is 24.1. The summed E-state index contributed by atoms with van der Waals surface area (Å²) in [6.45, 7) is 6.36. The SMILES string of the molecule is CCCCCCCOc1ccc(-c2cnc(-c3ccc(C[C@H](NC)C(=O)NC(C)(C)CC(=O)O)cc3)nc2)cc1. The van der Waals surface area contributed by atoms with Crippen molar-refractivity contribution in [1.82, 2.24) is 20.6 Å². The Morgan fingerprint density at radius 1 is 0.900 bits per heavy atom. The third kappa shape index (κ3) is 9.75. The number of ether oxygens (including phenoxy) is 1. The highest BCUT2D eigenvalue weighted by atomic mass is 16.5. The molecule has 0 fully saturated rings. The lowest BCUT2D eigenvalue weighted by Crippen LogP contribution is -2.52. The van der Waals surface area contributed by atoms with E-state index in [1.165, 1.54) is 25.7 Å². The summed E-state index contributed by atoms with van der Waals surface area (Å²) in [7, 11) is 1.72. The number of rotatable bonds is 16. The van der Waals surface area contributed by atoms with Crippen LogP contribution >= 0.6 is 0 Å². The third-order valence-electron chi connectivity index (χ3n) is 6.73. The van der Waals surface area contributed by atoms with Crippen molar-refractivity contribution in [2.45, 2.75) is 77.3 Å². The molecule has 1 amide bonds. The van der Waals surface area contributed by atoms with Crippen molar-refractivity contribution in [3.05, 3.63) is 66.5 Å². The lowest BCUT2D eigenvalue weighted by Gasteiger charge is -2.27. The molecule has 40 heavy (non-hydrogen) atoms. The number of carbonyl (C=O) groups is 2. The van der Waals surface area contributed by atoms with Crippen LogP contribution in [0.2, 0.25) is 0 Å². The largest absolute Gasteiger partial charge is 0.494 e. The predicted octanol–water partition coefficient (Wildman–Crippen LogP) is 5.66. The Morgan fingerprint density at radius 3 is 2.12 bits per heavy atom. The minimum Gasteiger partial charge on any atom is -0.494 e. The number of carboxylic acids is 1. The molecule has 0 saturated heterocycles. The highest BCUT2D eigenvalue weighted by molar-refractivity contribution is 5.83. The van der Waals surface area contributed by atoms with Crippen LogP contribution in [-0.4, -0.2) is 52.2 Å². The van der Waals surface area contributed by atoms with Gasteiger partial charge in [-0.3, -0.25) is 9.59 Å². The third-order valence-corrected chi connectivity index (χ3v) is 6.73. The fourth-order valence-corrected chi connectivity index (χ4v) is 4.46. The molecule has 0 radical (unpaired) electrons. The second-order valence-electron chi connectivity index (χ2n) is 10.8. The Kier molecular flexibility index (Phi) is 11.6. The molecule has 0 spiro atoms. The average molecular weight is 547 g/mol. The molecule has 0 aliphatic rings. The number of carboxylic acid groups (broad SMARTS) is 1. The van der Waals surface area contributed by atoms with Crippen molar-refractivity contribution >= 4 is 11.9 Å². The molecule has 0 aliphatic heterocycles. The van der Waals surface area contributed by atoms with Gasteiger partial charge in [0.2, 0.25) is 5.91 Å².